The summed E-state index contributed by atoms with van der Waals surface area (Å²) in [5, 5.41) is 0. The van der Waals surface area contributed by atoms with Gasteiger partial charge in [-0.1, -0.05) is 18.2 Å². The molecule has 0 radical (unpaired) electrons. The third-order valence-electron chi connectivity index (χ3n) is 4.24. The second-order valence-electron chi connectivity index (χ2n) is 5.92. The molecule has 0 bridgehead atoms. The molecule has 0 N–H and O–H groups in total. The maximum atomic E-state index is 13.7. The van der Waals surface area contributed by atoms with E-state index in [1.165, 1.54) is 6.07 Å². The van der Waals surface area contributed by atoms with Crippen molar-refractivity contribution in [3.8, 4) is 5.75 Å². The molecule has 0 spiro atoms. The van der Waals surface area contributed by atoms with Crippen LogP contribution >= 0.6 is 0 Å². The monoisotopic (exact) mass is 346 g/mol. The largest absolute Gasteiger partial charge is 0.492 e. The van der Waals surface area contributed by atoms with Gasteiger partial charge in [-0.25, -0.2) is 8.78 Å². The smallest absolute Gasteiger partial charge is 0.256 e. The zero-order valence-electron chi connectivity index (χ0n) is 13.8. The van der Waals surface area contributed by atoms with Crippen molar-refractivity contribution in [2.75, 3.05) is 39.3 Å². The zero-order chi connectivity index (χ0) is 17.6. The fraction of sp³-hybridized carbons (Fsp3) is 0.316. The molecule has 0 aliphatic carbocycles. The second-order valence-corrected chi connectivity index (χ2v) is 5.92. The van der Waals surface area contributed by atoms with Crippen molar-refractivity contribution in [2.24, 2.45) is 0 Å². The normalized spacial score (nSPS) is 15.2. The lowest BCUT2D eigenvalue weighted by atomic mass is 10.1. The third kappa shape index (κ3) is 4.54. The molecule has 1 aliphatic heterocycles. The predicted octanol–water partition coefficient (Wildman–Crippen LogP) is 2.80. The summed E-state index contributed by atoms with van der Waals surface area (Å²) in [5.41, 5.74) is -0.0812. The van der Waals surface area contributed by atoms with E-state index in [0.29, 0.717) is 32.8 Å². The highest BCUT2D eigenvalue weighted by atomic mass is 19.1. The molecule has 2 aromatic rings. The Kier molecular flexibility index (Phi) is 5.60. The number of hydrogen-bond acceptors (Lipinski definition) is 3. The molecular weight excluding hydrogens is 326 g/mol. The van der Waals surface area contributed by atoms with Crippen LogP contribution in [0.1, 0.15) is 10.4 Å². The quantitative estimate of drug-likeness (QED) is 0.835. The number of halogens is 2. The molecule has 4 nitrogen and oxygen atoms in total. The number of amides is 1. The number of carbonyl (C=O) groups excluding carboxylic acids is 1. The van der Waals surface area contributed by atoms with Crippen LogP contribution in [0.3, 0.4) is 0 Å². The highest BCUT2D eigenvalue weighted by Gasteiger charge is 2.24. The van der Waals surface area contributed by atoms with Crippen molar-refractivity contribution < 1.29 is 18.3 Å². The number of nitrogens with zero attached hydrogens (tertiary/aromatic N) is 2. The molecule has 3 rings (SSSR count). The summed E-state index contributed by atoms with van der Waals surface area (Å²) in [7, 11) is 0. The summed E-state index contributed by atoms with van der Waals surface area (Å²) >= 11 is 0. The predicted molar refractivity (Wildman–Crippen MR) is 90.6 cm³/mol. The highest BCUT2D eigenvalue weighted by Crippen LogP contribution is 2.14. The molecule has 2 aromatic carbocycles. The van der Waals surface area contributed by atoms with Gasteiger partial charge in [0.25, 0.3) is 5.91 Å². The van der Waals surface area contributed by atoms with Crippen LogP contribution < -0.4 is 4.74 Å². The first-order valence-electron chi connectivity index (χ1n) is 8.28. The van der Waals surface area contributed by atoms with E-state index in [2.05, 4.69) is 4.90 Å². The van der Waals surface area contributed by atoms with Gasteiger partial charge in [0, 0.05) is 38.8 Å². The fourth-order valence-corrected chi connectivity index (χ4v) is 2.82. The molecule has 1 heterocycles. The van der Waals surface area contributed by atoms with Crippen molar-refractivity contribution in [3.63, 3.8) is 0 Å². The lowest BCUT2D eigenvalue weighted by Gasteiger charge is -2.34. The summed E-state index contributed by atoms with van der Waals surface area (Å²) in [6, 6.07) is 12.7. The zero-order valence-corrected chi connectivity index (χ0v) is 13.8. The van der Waals surface area contributed by atoms with Gasteiger partial charge in [-0.3, -0.25) is 9.69 Å². The van der Waals surface area contributed by atoms with Crippen LogP contribution in [-0.2, 0) is 0 Å². The molecule has 0 saturated carbocycles. The summed E-state index contributed by atoms with van der Waals surface area (Å²) in [5.74, 6) is -1.05. The molecule has 1 amide bonds. The molecular formula is C19H20F2N2O2. The van der Waals surface area contributed by atoms with Crippen LogP contribution in [0.15, 0.2) is 48.5 Å². The summed E-state index contributed by atoms with van der Waals surface area (Å²) in [4.78, 5) is 16.2. The molecule has 25 heavy (non-hydrogen) atoms. The van der Waals surface area contributed by atoms with Crippen molar-refractivity contribution in [1.29, 1.82) is 0 Å². The second kappa shape index (κ2) is 8.07. The van der Waals surface area contributed by atoms with Gasteiger partial charge < -0.3 is 9.64 Å². The Bertz CT molecular complexity index is 717. The standard InChI is InChI=1S/C19H20F2N2O2/c20-15-6-7-17(18(21)14-15)19(24)23-10-8-22(9-11-23)12-13-25-16-4-2-1-3-5-16/h1-7,14H,8-13H2. The average Bonchev–Trinajstić information content (AvgIpc) is 2.63. The molecule has 0 aromatic heterocycles. The SMILES string of the molecule is O=C(c1ccc(F)cc1F)N1CCN(CCOc2ccccc2)CC1. The maximum absolute atomic E-state index is 13.7. The molecule has 132 valence electrons. The van der Waals surface area contributed by atoms with E-state index in [-0.39, 0.29) is 5.56 Å². The molecule has 6 heteroatoms. The molecule has 1 saturated heterocycles. The minimum atomic E-state index is -0.816. The van der Waals surface area contributed by atoms with Crippen LogP contribution in [0.5, 0.6) is 5.75 Å². The van der Waals surface area contributed by atoms with Crippen LogP contribution in [0.2, 0.25) is 0 Å². The summed E-state index contributed by atoms with van der Waals surface area (Å²) in [6.07, 6.45) is 0. The van der Waals surface area contributed by atoms with Crippen LogP contribution in [0, 0.1) is 11.6 Å². The van der Waals surface area contributed by atoms with Gasteiger partial charge >= 0.3 is 0 Å². The van der Waals surface area contributed by atoms with Gasteiger partial charge in [0.1, 0.15) is 24.0 Å². The van der Waals surface area contributed by atoms with Crippen molar-refractivity contribution >= 4 is 5.91 Å². The van der Waals surface area contributed by atoms with Gasteiger partial charge in [0.15, 0.2) is 0 Å². The topological polar surface area (TPSA) is 32.8 Å². The van der Waals surface area contributed by atoms with Gasteiger partial charge in [-0.05, 0) is 24.3 Å². The van der Waals surface area contributed by atoms with Crippen molar-refractivity contribution in [3.05, 3.63) is 65.7 Å². The Balaban J connectivity index is 1.46. The Labute approximate surface area is 145 Å². The number of benzene rings is 2. The van der Waals surface area contributed by atoms with Crippen molar-refractivity contribution in [2.45, 2.75) is 0 Å². The van der Waals surface area contributed by atoms with E-state index in [0.717, 1.165) is 24.4 Å². The van der Waals surface area contributed by atoms with E-state index in [1.54, 1.807) is 4.90 Å². The van der Waals surface area contributed by atoms with Crippen molar-refractivity contribution in [1.82, 2.24) is 9.80 Å². The number of carbonyl (C=O) groups is 1. The minimum absolute atomic E-state index is 0.0812. The molecule has 0 atom stereocenters. The van der Waals surface area contributed by atoms with E-state index < -0.39 is 17.5 Å². The van der Waals surface area contributed by atoms with Gasteiger partial charge in [0.2, 0.25) is 0 Å². The summed E-state index contributed by atoms with van der Waals surface area (Å²) in [6.45, 7) is 3.77. The van der Waals surface area contributed by atoms with Crippen LogP contribution in [0.4, 0.5) is 8.78 Å². The molecule has 1 fully saturated rings. The van der Waals surface area contributed by atoms with E-state index in [9.17, 15) is 13.6 Å². The number of ether oxygens (including phenoxy) is 1. The fourth-order valence-electron chi connectivity index (χ4n) is 2.82. The van der Waals surface area contributed by atoms with E-state index >= 15 is 0 Å². The minimum Gasteiger partial charge on any atom is -0.492 e. The lowest BCUT2D eigenvalue weighted by molar-refractivity contribution is 0.0616. The Morgan fingerprint density at radius 1 is 1.00 bits per heavy atom. The van der Waals surface area contributed by atoms with E-state index in [1.807, 2.05) is 30.3 Å². The first-order valence-corrected chi connectivity index (χ1v) is 8.28. The van der Waals surface area contributed by atoms with Crippen LogP contribution in [0.25, 0.3) is 0 Å². The lowest BCUT2D eigenvalue weighted by Crippen LogP contribution is -2.49. The maximum Gasteiger partial charge on any atom is 0.256 e. The summed E-state index contributed by atoms with van der Waals surface area (Å²) < 4.78 is 32.4. The van der Waals surface area contributed by atoms with Crippen LogP contribution in [-0.4, -0.2) is 55.0 Å². The number of para-hydroxylation sites is 1. The van der Waals surface area contributed by atoms with E-state index in [4.69, 9.17) is 4.74 Å². The Morgan fingerprint density at radius 3 is 2.40 bits per heavy atom. The first kappa shape index (κ1) is 17.4. The van der Waals surface area contributed by atoms with Gasteiger partial charge in [-0.15, -0.1) is 0 Å². The third-order valence-corrected chi connectivity index (χ3v) is 4.24. The van der Waals surface area contributed by atoms with Gasteiger partial charge in [0.05, 0.1) is 5.56 Å². The Morgan fingerprint density at radius 2 is 1.72 bits per heavy atom. The Hall–Kier alpha value is -2.47. The highest BCUT2D eigenvalue weighted by molar-refractivity contribution is 5.94. The first-order chi connectivity index (χ1) is 12.1. The number of hydrogen-bond donors (Lipinski definition) is 0. The van der Waals surface area contributed by atoms with Gasteiger partial charge in [-0.2, -0.15) is 0 Å². The molecule has 0 unspecified atom stereocenters. The number of rotatable bonds is 5. The molecule has 1 aliphatic rings. The average molecular weight is 346 g/mol. The number of piperazine rings is 1.